The van der Waals surface area contributed by atoms with Crippen LogP contribution in [0.1, 0.15) is 32.6 Å². The van der Waals surface area contributed by atoms with Gasteiger partial charge in [-0.3, -0.25) is 4.90 Å². The normalized spacial score (nSPS) is 16.2. The molecular formula is C27H30F2N9O5+. The third kappa shape index (κ3) is 5.99. The van der Waals surface area contributed by atoms with Crippen LogP contribution in [0, 0.1) is 11.6 Å². The molecule has 43 heavy (non-hydrogen) atoms. The van der Waals surface area contributed by atoms with Crippen LogP contribution in [0.5, 0.6) is 0 Å². The van der Waals surface area contributed by atoms with Gasteiger partial charge in [-0.15, -0.1) is 9.78 Å². The fourth-order valence-corrected chi connectivity index (χ4v) is 4.97. The van der Waals surface area contributed by atoms with E-state index in [2.05, 4.69) is 20.6 Å². The lowest BCUT2D eigenvalue weighted by molar-refractivity contribution is -0.754. The lowest BCUT2D eigenvalue weighted by Crippen LogP contribution is -2.53. The first kappa shape index (κ1) is 29.5. The highest BCUT2D eigenvalue weighted by atomic mass is 19.1. The maximum atomic E-state index is 15.2. The number of benzene rings is 2. The quantitative estimate of drug-likeness (QED) is 0.215. The van der Waals surface area contributed by atoms with Crippen LogP contribution in [0.25, 0.3) is 5.69 Å². The van der Waals surface area contributed by atoms with E-state index < -0.39 is 41.7 Å². The van der Waals surface area contributed by atoms with Gasteiger partial charge in [0.15, 0.2) is 0 Å². The first-order valence-electron chi connectivity index (χ1n) is 13.5. The molecule has 5 rings (SSSR count). The second-order valence-corrected chi connectivity index (χ2v) is 9.91. The maximum absolute atomic E-state index is 15.2. The van der Waals surface area contributed by atoms with Gasteiger partial charge in [0.1, 0.15) is 30.1 Å². The highest BCUT2D eigenvalue weighted by Gasteiger charge is 2.47. The third-order valence-corrected chi connectivity index (χ3v) is 7.32. The minimum Gasteiger partial charge on any atom is -0.435 e. The molecule has 1 unspecified atom stereocenters. The van der Waals surface area contributed by atoms with Gasteiger partial charge in [-0.1, -0.05) is 6.07 Å². The standard InChI is InChI=1S/C27H30F2N9O5/c1-4-42-26(40)43-19(3)34-16-31-35(17-34)14-27(41,23-10-5-20(28)13-24(23)29)18(2)36-11-12-37(25(36)39)21-6-8-22(9-7-21)38-15-30-32-33-38/h5-10,13,15-19,41H,4,11-12,14H2,1-3H3/q+1/t18-,19?,27-/m1/s1. The molecule has 226 valence electrons. The zero-order valence-electron chi connectivity index (χ0n) is 23.6. The van der Waals surface area contributed by atoms with Crippen molar-refractivity contribution in [2.45, 2.75) is 45.2 Å². The smallest absolute Gasteiger partial charge is 0.435 e. The zero-order valence-corrected chi connectivity index (χ0v) is 23.6. The molecule has 2 amide bonds. The largest absolute Gasteiger partial charge is 0.511 e. The monoisotopic (exact) mass is 598 g/mol. The second kappa shape index (κ2) is 12.1. The molecule has 1 aliphatic heterocycles. The van der Waals surface area contributed by atoms with Crippen molar-refractivity contribution in [3.05, 3.63) is 78.6 Å². The number of hydrogen-bond acceptors (Lipinski definition) is 9. The number of amides is 2. The Hall–Kier alpha value is -4.99. The first-order valence-corrected chi connectivity index (χ1v) is 13.5. The van der Waals surface area contributed by atoms with Crippen molar-refractivity contribution < 1.29 is 37.5 Å². The number of halogens is 2. The van der Waals surface area contributed by atoms with E-state index in [1.54, 1.807) is 45.0 Å². The van der Waals surface area contributed by atoms with Crippen molar-refractivity contribution in [2.75, 3.05) is 24.6 Å². The Morgan fingerprint density at radius 2 is 1.88 bits per heavy atom. The van der Waals surface area contributed by atoms with Gasteiger partial charge in [0.05, 0.1) is 18.3 Å². The number of aliphatic hydroxyl groups is 1. The van der Waals surface area contributed by atoms with E-state index in [9.17, 15) is 19.1 Å². The Bertz CT molecular complexity index is 1580. The first-order chi connectivity index (χ1) is 20.6. The SMILES string of the molecule is CCOC(=O)OC(C)[n+]1cnn(C[C@](O)(c2ccc(F)cc2F)[C@@H](C)N2CCN(c3ccc(-n4cnnn4)cc3)C2=O)c1. The van der Waals surface area contributed by atoms with Gasteiger partial charge in [-0.05, 0) is 54.6 Å². The average molecular weight is 599 g/mol. The predicted molar refractivity (Wildman–Crippen MR) is 144 cm³/mol. The summed E-state index contributed by atoms with van der Waals surface area (Å²) >= 11 is 0. The van der Waals surface area contributed by atoms with E-state index in [0.29, 0.717) is 24.0 Å². The van der Waals surface area contributed by atoms with Crippen molar-refractivity contribution in [1.29, 1.82) is 0 Å². The fraction of sp³-hybridized carbons (Fsp3) is 0.370. The Kier molecular flexibility index (Phi) is 8.29. The molecule has 16 heteroatoms. The Balaban J connectivity index is 1.40. The molecule has 0 aliphatic carbocycles. The van der Waals surface area contributed by atoms with Gasteiger partial charge >= 0.3 is 12.2 Å². The summed E-state index contributed by atoms with van der Waals surface area (Å²) in [7, 11) is 0. The minimum absolute atomic E-state index is 0.141. The number of tetrazole rings is 1. The fourth-order valence-electron chi connectivity index (χ4n) is 4.97. The summed E-state index contributed by atoms with van der Waals surface area (Å²) in [5, 5.41) is 27.4. The summed E-state index contributed by atoms with van der Waals surface area (Å²) in [6, 6.07) is 8.49. The number of aromatic nitrogens is 7. The Morgan fingerprint density at radius 3 is 2.56 bits per heavy atom. The van der Waals surface area contributed by atoms with Gasteiger partial charge in [-0.2, -0.15) is 4.57 Å². The van der Waals surface area contributed by atoms with Crippen LogP contribution in [0.2, 0.25) is 0 Å². The van der Waals surface area contributed by atoms with Crippen molar-refractivity contribution in [2.24, 2.45) is 0 Å². The summed E-state index contributed by atoms with van der Waals surface area (Å²) in [4.78, 5) is 28.3. The molecule has 0 saturated carbocycles. The summed E-state index contributed by atoms with van der Waals surface area (Å²) in [6.45, 7) is 5.18. The van der Waals surface area contributed by atoms with Crippen LogP contribution in [-0.2, 0) is 21.6 Å². The van der Waals surface area contributed by atoms with Crippen LogP contribution in [0.15, 0.2) is 61.4 Å². The summed E-state index contributed by atoms with van der Waals surface area (Å²) in [5.41, 5.74) is -0.957. The Labute approximate surface area is 244 Å². The summed E-state index contributed by atoms with van der Waals surface area (Å²) < 4.78 is 43.3. The van der Waals surface area contributed by atoms with Gasteiger partial charge in [0, 0.05) is 42.4 Å². The van der Waals surface area contributed by atoms with Crippen molar-refractivity contribution >= 4 is 17.9 Å². The molecule has 1 N–H and O–H groups in total. The van der Waals surface area contributed by atoms with Crippen LogP contribution in [0.3, 0.4) is 0 Å². The maximum Gasteiger partial charge on any atom is 0.511 e. The lowest BCUT2D eigenvalue weighted by Gasteiger charge is -2.38. The van der Waals surface area contributed by atoms with Gasteiger partial charge in [0.2, 0.25) is 12.6 Å². The van der Waals surface area contributed by atoms with Crippen molar-refractivity contribution in [3.63, 3.8) is 0 Å². The molecule has 0 bridgehead atoms. The van der Waals surface area contributed by atoms with Crippen molar-refractivity contribution in [1.82, 2.24) is 34.9 Å². The van der Waals surface area contributed by atoms with E-state index >= 15 is 4.39 Å². The molecule has 1 saturated heterocycles. The van der Waals surface area contributed by atoms with Crippen LogP contribution in [-0.4, -0.2) is 77.9 Å². The number of ether oxygens (including phenoxy) is 2. The molecule has 1 aliphatic rings. The number of anilines is 1. The molecule has 14 nitrogen and oxygen atoms in total. The topological polar surface area (TPSA) is 145 Å². The number of rotatable bonds is 10. The molecule has 3 atom stereocenters. The molecule has 4 aromatic rings. The summed E-state index contributed by atoms with van der Waals surface area (Å²) in [5.74, 6) is -1.79. The molecule has 2 aromatic carbocycles. The number of hydrogen-bond donors (Lipinski definition) is 1. The minimum atomic E-state index is -2.05. The molecule has 0 radical (unpaired) electrons. The predicted octanol–water partition coefficient (Wildman–Crippen LogP) is 2.33. The van der Waals surface area contributed by atoms with E-state index in [1.165, 1.54) is 42.7 Å². The van der Waals surface area contributed by atoms with Crippen molar-refractivity contribution in [3.8, 4) is 5.69 Å². The Morgan fingerprint density at radius 1 is 1.14 bits per heavy atom. The molecule has 0 spiro atoms. The highest BCUT2D eigenvalue weighted by Crippen LogP contribution is 2.35. The number of carbonyl (C=O) groups excluding carboxylic acids is 2. The zero-order chi connectivity index (χ0) is 30.7. The molecule has 2 aromatic heterocycles. The molecule has 3 heterocycles. The van der Waals surface area contributed by atoms with Crippen LogP contribution < -0.4 is 9.47 Å². The van der Waals surface area contributed by atoms with Crippen LogP contribution >= 0.6 is 0 Å². The van der Waals surface area contributed by atoms with E-state index in [1.807, 2.05) is 0 Å². The van der Waals surface area contributed by atoms with E-state index in [4.69, 9.17) is 9.47 Å². The average Bonchev–Trinajstić information content (AvgIpc) is 3.75. The molecule has 1 fully saturated rings. The summed E-state index contributed by atoms with van der Waals surface area (Å²) in [6.07, 6.45) is 2.59. The lowest BCUT2D eigenvalue weighted by atomic mass is 9.85. The molecular weight excluding hydrogens is 568 g/mol. The number of nitrogens with zero attached hydrogens (tertiary/aromatic N) is 9. The van der Waals surface area contributed by atoms with Gasteiger partial charge < -0.3 is 19.5 Å². The van der Waals surface area contributed by atoms with E-state index in [0.717, 1.165) is 12.1 Å². The second-order valence-electron chi connectivity index (χ2n) is 9.91. The third-order valence-electron chi connectivity index (χ3n) is 7.32. The highest BCUT2D eigenvalue weighted by molar-refractivity contribution is 5.94. The van der Waals surface area contributed by atoms with Crippen LogP contribution in [0.4, 0.5) is 24.1 Å². The van der Waals surface area contributed by atoms with E-state index in [-0.39, 0.29) is 25.3 Å². The van der Waals surface area contributed by atoms with Gasteiger partial charge in [0.25, 0.3) is 6.33 Å². The van der Waals surface area contributed by atoms with Gasteiger partial charge in [-0.25, -0.2) is 23.1 Å². The number of urea groups is 1. The number of carbonyl (C=O) groups is 2.